The second kappa shape index (κ2) is 13.7. The van der Waals surface area contributed by atoms with Gasteiger partial charge in [-0.3, -0.25) is 4.79 Å². The van der Waals surface area contributed by atoms with Crippen LogP contribution < -0.4 is 5.32 Å². The summed E-state index contributed by atoms with van der Waals surface area (Å²) in [5.41, 5.74) is 3.85. The van der Waals surface area contributed by atoms with Gasteiger partial charge >= 0.3 is 0 Å². The fourth-order valence-electron chi connectivity index (χ4n) is 4.99. The molecule has 0 aliphatic heterocycles. The fourth-order valence-corrected chi connectivity index (χ4v) is 8.66. The molecule has 1 N–H and O–H groups in total. The van der Waals surface area contributed by atoms with Crippen molar-refractivity contribution in [3.63, 3.8) is 0 Å². The lowest BCUT2D eigenvalue weighted by Gasteiger charge is -2.47. The fraction of sp³-hybridized carbons (Fsp3) is 0.567. The van der Waals surface area contributed by atoms with E-state index in [1.54, 1.807) is 0 Å². The summed E-state index contributed by atoms with van der Waals surface area (Å²) in [7, 11) is -1.91. The van der Waals surface area contributed by atoms with Gasteiger partial charge in [0.25, 0.3) is 0 Å². The minimum Gasteiger partial charge on any atom is -0.349 e. The van der Waals surface area contributed by atoms with Gasteiger partial charge < -0.3 is 5.32 Å². The van der Waals surface area contributed by atoms with E-state index < -0.39 is 8.07 Å². The number of nitrogens with one attached hydrogen (secondary N) is 1. The molecule has 2 aromatic rings. The Morgan fingerprint density at radius 2 is 1.39 bits per heavy atom. The van der Waals surface area contributed by atoms with Crippen LogP contribution in [0.2, 0.25) is 19.1 Å². The zero-order chi connectivity index (χ0) is 24.2. The van der Waals surface area contributed by atoms with Gasteiger partial charge in [-0.2, -0.15) is 0 Å². The van der Waals surface area contributed by atoms with Crippen molar-refractivity contribution < 1.29 is 4.79 Å². The Labute approximate surface area is 204 Å². The SMILES string of the molecule is CCCCCCCCCC[Si](C)(C)C(Cc1ccc(C)cc1)(NC(=O)CC)c1ccccc1. The summed E-state index contributed by atoms with van der Waals surface area (Å²) < 4.78 is 0. The Morgan fingerprint density at radius 1 is 0.818 bits per heavy atom. The van der Waals surface area contributed by atoms with Crippen molar-refractivity contribution in [2.75, 3.05) is 0 Å². The second-order valence-electron chi connectivity index (χ2n) is 10.4. The molecular weight excluding hydrogens is 418 g/mol. The third kappa shape index (κ3) is 8.14. The van der Waals surface area contributed by atoms with E-state index in [4.69, 9.17) is 0 Å². The van der Waals surface area contributed by atoms with Crippen LogP contribution in [-0.2, 0) is 16.4 Å². The summed E-state index contributed by atoms with van der Waals surface area (Å²) >= 11 is 0. The molecule has 0 aromatic heterocycles. The summed E-state index contributed by atoms with van der Waals surface area (Å²) in [6.07, 6.45) is 12.1. The Kier molecular flexibility index (Phi) is 11.4. The van der Waals surface area contributed by atoms with Crippen LogP contribution in [0.1, 0.15) is 88.3 Å². The maximum absolute atomic E-state index is 12.9. The zero-order valence-electron chi connectivity index (χ0n) is 21.9. The van der Waals surface area contributed by atoms with Crippen LogP contribution in [0.25, 0.3) is 0 Å². The van der Waals surface area contributed by atoms with Crippen molar-refractivity contribution in [3.05, 3.63) is 71.3 Å². The van der Waals surface area contributed by atoms with Gasteiger partial charge in [0, 0.05) is 6.42 Å². The first kappa shape index (κ1) is 27.4. The van der Waals surface area contributed by atoms with E-state index in [1.807, 2.05) is 6.92 Å². The van der Waals surface area contributed by atoms with Gasteiger partial charge in [-0.15, -0.1) is 0 Å². The van der Waals surface area contributed by atoms with Crippen LogP contribution >= 0.6 is 0 Å². The van der Waals surface area contributed by atoms with Gasteiger partial charge in [0.1, 0.15) is 0 Å². The molecule has 0 spiro atoms. The molecule has 3 heteroatoms. The number of carbonyl (C=O) groups is 1. The van der Waals surface area contributed by atoms with Crippen molar-refractivity contribution >= 4 is 14.0 Å². The summed E-state index contributed by atoms with van der Waals surface area (Å²) in [6, 6.07) is 20.9. The van der Waals surface area contributed by atoms with Crippen molar-refractivity contribution in [1.82, 2.24) is 5.32 Å². The van der Waals surface area contributed by atoms with Crippen molar-refractivity contribution in [1.29, 1.82) is 0 Å². The number of unbranched alkanes of at least 4 members (excludes halogenated alkanes) is 7. The quantitative estimate of drug-likeness (QED) is 0.208. The number of carbonyl (C=O) groups excluding carboxylic acids is 1. The molecule has 0 heterocycles. The van der Waals surface area contributed by atoms with Gasteiger partial charge in [0.2, 0.25) is 5.91 Å². The minimum absolute atomic E-state index is 0.155. The molecule has 1 atom stereocenters. The molecule has 33 heavy (non-hydrogen) atoms. The highest BCUT2D eigenvalue weighted by Crippen LogP contribution is 2.39. The molecule has 0 radical (unpaired) electrons. The normalized spacial score (nSPS) is 13.5. The molecule has 0 fully saturated rings. The minimum atomic E-state index is -1.91. The van der Waals surface area contributed by atoms with Crippen LogP contribution in [0.4, 0.5) is 0 Å². The van der Waals surface area contributed by atoms with Gasteiger partial charge in [-0.1, -0.05) is 145 Å². The number of hydrogen-bond donors (Lipinski definition) is 1. The van der Waals surface area contributed by atoms with Crippen LogP contribution in [0, 0.1) is 6.92 Å². The Bertz CT molecular complexity index is 815. The third-order valence-electron chi connectivity index (χ3n) is 7.34. The third-order valence-corrected chi connectivity index (χ3v) is 11.8. The Hall–Kier alpha value is -1.87. The number of aryl methyl sites for hydroxylation is 1. The van der Waals surface area contributed by atoms with E-state index in [0.29, 0.717) is 6.42 Å². The first-order valence-electron chi connectivity index (χ1n) is 13.3. The van der Waals surface area contributed by atoms with Crippen LogP contribution in [0.5, 0.6) is 0 Å². The van der Waals surface area contributed by atoms with Gasteiger partial charge in [0.05, 0.1) is 13.2 Å². The van der Waals surface area contributed by atoms with E-state index in [-0.39, 0.29) is 11.1 Å². The summed E-state index contributed by atoms with van der Waals surface area (Å²) in [6.45, 7) is 11.4. The van der Waals surface area contributed by atoms with E-state index in [9.17, 15) is 4.79 Å². The molecule has 2 aromatic carbocycles. The van der Waals surface area contributed by atoms with Crippen LogP contribution in [-0.4, -0.2) is 14.0 Å². The van der Waals surface area contributed by atoms with E-state index in [0.717, 1.165) is 6.42 Å². The molecular formula is C30H47NOSi. The highest BCUT2D eigenvalue weighted by atomic mass is 28.3. The molecule has 0 saturated carbocycles. The number of amides is 1. The average Bonchev–Trinajstić information content (AvgIpc) is 2.82. The number of hydrogen-bond acceptors (Lipinski definition) is 1. The molecule has 0 bridgehead atoms. The lowest BCUT2D eigenvalue weighted by atomic mass is 9.96. The molecule has 0 aliphatic carbocycles. The lowest BCUT2D eigenvalue weighted by molar-refractivity contribution is -0.122. The van der Waals surface area contributed by atoms with E-state index in [2.05, 4.69) is 86.9 Å². The molecule has 182 valence electrons. The number of rotatable bonds is 15. The van der Waals surface area contributed by atoms with Crippen molar-refractivity contribution in [2.24, 2.45) is 0 Å². The summed E-state index contributed by atoms with van der Waals surface area (Å²) in [4.78, 5) is 12.9. The topological polar surface area (TPSA) is 29.1 Å². The molecule has 0 saturated heterocycles. The molecule has 0 aliphatic rings. The second-order valence-corrected chi connectivity index (χ2v) is 15.6. The maximum atomic E-state index is 12.9. The molecule has 2 nitrogen and oxygen atoms in total. The van der Waals surface area contributed by atoms with E-state index >= 15 is 0 Å². The average molecular weight is 466 g/mol. The van der Waals surface area contributed by atoms with Crippen LogP contribution in [0.15, 0.2) is 54.6 Å². The van der Waals surface area contributed by atoms with E-state index in [1.165, 1.54) is 74.1 Å². The number of benzene rings is 2. The highest BCUT2D eigenvalue weighted by molar-refractivity contribution is 6.80. The smallest absolute Gasteiger partial charge is 0.220 e. The summed E-state index contributed by atoms with van der Waals surface area (Å²) in [5, 5.41) is 3.29. The zero-order valence-corrected chi connectivity index (χ0v) is 22.9. The largest absolute Gasteiger partial charge is 0.349 e. The van der Waals surface area contributed by atoms with Gasteiger partial charge in [-0.25, -0.2) is 0 Å². The van der Waals surface area contributed by atoms with Crippen molar-refractivity contribution in [3.8, 4) is 0 Å². The molecule has 2 rings (SSSR count). The highest BCUT2D eigenvalue weighted by Gasteiger charge is 2.48. The van der Waals surface area contributed by atoms with Gasteiger partial charge in [0.15, 0.2) is 0 Å². The predicted octanol–water partition coefficient (Wildman–Crippen LogP) is 8.35. The molecule has 1 amide bonds. The molecule has 1 unspecified atom stereocenters. The first-order chi connectivity index (χ1) is 15.8. The Morgan fingerprint density at radius 3 is 1.97 bits per heavy atom. The van der Waals surface area contributed by atoms with Crippen molar-refractivity contribution in [2.45, 2.75) is 109 Å². The van der Waals surface area contributed by atoms with Crippen LogP contribution in [0.3, 0.4) is 0 Å². The standard InChI is InChI=1S/C30H47NOSi/c1-6-8-9-10-11-12-13-17-24-33(4,5)30(31-29(32)7-2,28-18-15-14-16-19-28)25-27-22-20-26(3)21-23-27/h14-16,18-23H,6-13,17,24-25H2,1-5H3,(H,31,32). The summed E-state index contributed by atoms with van der Waals surface area (Å²) in [5.74, 6) is 0.155. The van der Waals surface area contributed by atoms with Gasteiger partial charge in [-0.05, 0) is 24.5 Å². The first-order valence-corrected chi connectivity index (χ1v) is 16.5. The predicted molar refractivity (Wildman–Crippen MR) is 146 cm³/mol. The Balaban J connectivity index is 2.26. The maximum Gasteiger partial charge on any atom is 0.220 e. The monoisotopic (exact) mass is 465 g/mol. The lowest BCUT2D eigenvalue weighted by Crippen LogP contribution is -2.63.